The number of nitrogens with zero attached hydrogens (tertiary/aromatic N) is 4. The Balaban J connectivity index is 1.75. The molecule has 25 heavy (non-hydrogen) atoms. The summed E-state index contributed by atoms with van der Waals surface area (Å²) in [5.41, 5.74) is 0.105. The molecule has 132 valence electrons. The molecule has 3 rings (SSSR count). The molecule has 1 saturated heterocycles. The van der Waals surface area contributed by atoms with Gasteiger partial charge in [-0.05, 0) is 31.4 Å². The van der Waals surface area contributed by atoms with Crippen molar-refractivity contribution in [2.45, 2.75) is 36.5 Å². The van der Waals surface area contributed by atoms with Crippen LogP contribution in [0.2, 0.25) is 0 Å². The highest BCUT2D eigenvalue weighted by atomic mass is 32.2. The Bertz CT molecular complexity index is 889. The van der Waals surface area contributed by atoms with E-state index >= 15 is 0 Å². The van der Waals surface area contributed by atoms with Crippen LogP contribution in [-0.4, -0.2) is 41.9 Å². The molecule has 0 aromatic carbocycles. The Morgan fingerprint density at radius 3 is 2.92 bits per heavy atom. The van der Waals surface area contributed by atoms with E-state index < -0.39 is 10.0 Å². The molecule has 0 amide bonds. The standard InChI is InChI=1S/C16H18N4O3S2/c1-2-13-5-6-15(24-13)25(21,22)20-9-3-4-12(11-20)23-16-14(10-17)18-7-8-19-16/h5-8,12H,2-4,9,11H2,1H3. The van der Waals surface area contributed by atoms with Gasteiger partial charge in [0.25, 0.3) is 15.9 Å². The molecule has 0 bridgehead atoms. The molecule has 0 saturated carbocycles. The van der Waals surface area contributed by atoms with Gasteiger partial charge in [-0.2, -0.15) is 9.57 Å². The second-order valence-corrected chi connectivity index (χ2v) is 8.97. The third kappa shape index (κ3) is 3.81. The SMILES string of the molecule is CCc1ccc(S(=O)(=O)N2CCCC(Oc3nccnc3C#N)C2)s1. The molecule has 1 atom stereocenters. The maximum absolute atomic E-state index is 12.8. The fraction of sp³-hybridized carbons (Fsp3) is 0.438. The van der Waals surface area contributed by atoms with Gasteiger partial charge in [0, 0.05) is 23.8 Å². The summed E-state index contributed by atoms with van der Waals surface area (Å²) >= 11 is 1.31. The van der Waals surface area contributed by atoms with E-state index in [9.17, 15) is 8.42 Å². The van der Waals surface area contributed by atoms with Crippen LogP contribution in [0.4, 0.5) is 0 Å². The van der Waals surface area contributed by atoms with E-state index in [0.717, 1.165) is 11.3 Å². The van der Waals surface area contributed by atoms with Crippen LogP contribution < -0.4 is 4.74 Å². The van der Waals surface area contributed by atoms with Crippen molar-refractivity contribution in [3.8, 4) is 11.9 Å². The number of thiophene rings is 1. The maximum Gasteiger partial charge on any atom is 0.252 e. The summed E-state index contributed by atoms with van der Waals surface area (Å²) < 4.78 is 33.3. The van der Waals surface area contributed by atoms with Crippen LogP contribution >= 0.6 is 11.3 Å². The molecule has 9 heteroatoms. The van der Waals surface area contributed by atoms with Crippen LogP contribution in [0.25, 0.3) is 0 Å². The lowest BCUT2D eigenvalue weighted by molar-refractivity contribution is 0.124. The van der Waals surface area contributed by atoms with Crippen molar-refractivity contribution in [3.63, 3.8) is 0 Å². The molecule has 1 aliphatic heterocycles. The zero-order valence-corrected chi connectivity index (χ0v) is 15.4. The summed E-state index contributed by atoms with van der Waals surface area (Å²) in [6.07, 6.45) is 4.74. The number of sulfonamides is 1. The summed E-state index contributed by atoms with van der Waals surface area (Å²) in [6.45, 7) is 2.71. The quantitative estimate of drug-likeness (QED) is 0.791. The highest BCUT2D eigenvalue weighted by Crippen LogP contribution is 2.28. The first-order valence-electron chi connectivity index (χ1n) is 8.01. The molecule has 0 spiro atoms. The number of piperidine rings is 1. The lowest BCUT2D eigenvalue weighted by Crippen LogP contribution is -2.44. The van der Waals surface area contributed by atoms with Gasteiger partial charge >= 0.3 is 0 Å². The Morgan fingerprint density at radius 1 is 1.40 bits per heavy atom. The van der Waals surface area contributed by atoms with Gasteiger partial charge in [-0.3, -0.25) is 0 Å². The van der Waals surface area contributed by atoms with Crippen LogP contribution in [0.3, 0.4) is 0 Å². The van der Waals surface area contributed by atoms with Gasteiger partial charge in [0.2, 0.25) is 5.69 Å². The molecule has 1 unspecified atom stereocenters. The van der Waals surface area contributed by atoms with Gasteiger partial charge in [-0.25, -0.2) is 18.4 Å². The molecular weight excluding hydrogens is 360 g/mol. The Labute approximate surface area is 151 Å². The van der Waals surface area contributed by atoms with E-state index in [0.29, 0.717) is 23.6 Å². The molecule has 0 N–H and O–H groups in total. The molecule has 0 radical (unpaired) electrons. The van der Waals surface area contributed by atoms with Crippen molar-refractivity contribution in [1.82, 2.24) is 14.3 Å². The van der Waals surface area contributed by atoms with Crippen LogP contribution in [0.1, 0.15) is 30.3 Å². The maximum atomic E-state index is 12.8. The summed E-state index contributed by atoms with van der Waals surface area (Å²) in [6, 6.07) is 5.45. The average Bonchev–Trinajstić information content (AvgIpc) is 3.12. The summed E-state index contributed by atoms with van der Waals surface area (Å²) in [7, 11) is -3.52. The predicted octanol–water partition coefficient (Wildman–Crippen LogP) is 2.20. The number of aromatic nitrogens is 2. The summed E-state index contributed by atoms with van der Waals surface area (Å²) in [5, 5.41) is 9.07. The van der Waals surface area contributed by atoms with Crippen LogP contribution in [0.5, 0.6) is 5.88 Å². The zero-order valence-electron chi connectivity index (χ0n) is 13.8. The van der Waals surface area contributed by atoms with Gasteiger partial charge in [0.15, 0.2) is 0 Å². The lowest BCUT2D eigenvalue weighted by Gasteiger charge is -2.31. The molecule has 1 aliphatic rings. The largest absolute Gasteiger partial charge is 0.471 e. The van der Waals surface area contributed by atoms with Gasteiger partial charge in [0.05, 0.1) is 6.54 Å². The average molecular weight is 378 g/mol. The number of hydrogen-bond acceptors (Lipinski definition) is 7. The van der Waals surface area contributed by atoms with Crippen molar-refractivity contribution < 1.29 is 13.2 Å². The number of aryl methyl sites for hydroxylation is 1. The second kappa shape index (κ2) is 7.47. The van der Waals surface area contributed by atoms with E-state index in [2.05, 4.69) is 9.97 Å². The normalized spacial score (nSPS) is 18.6. The van der Waals surface area contributed by atoms with Crippen molar-refractivity contribution >= 4 is 21.4 Å². The first kappa shape index (κ1) is 17.8. The molecule has 3 heterocycles. The van der Waals surface area contributed by atoms with Gasteiger partial charge in [-0.15, -0.1) is 11.3 Å². The van der Waals surface area contributed by atoms with Crippen molar-refractivity contribution in [2.75, 3.05) is 13.1 Å². The van der Waals surface area contributed by atoms with Crippen molar-refractivity contribution in [2.24, 2.45) is 0 Å². The van der Waals surface area contributed by atoms with E-state index in [1.54, 1.807) is 6.07 Å². The highest BCUT2D eigenvalue weighted by molar-refractivity contribution is 7.91. The first-order chi connectivity index (χ1) is 12.0. The fourth-order valence-corrected chi connectivity index (χ4v) is 5.64. The van der Waals surface area contributed by atoms with Crippen LogP contribution in [0.15, 0.2) is 28.7 Å². The summed E-state index contributed by atoms with van der Waals surface area (Å²) in [5.74, 6) is 0.152. The number of nitriles is 1. The monoisotopic (exact) mass is 378 g/mol. The number of ether oxygens (including phenoxy) is 1. The van der Waals surface area contributed by atoms with Gasteiger partial charge in [0.1, 0.15) is 16.4 Å². The molecular formula is C16H18N4O3S2. The third-order valence-corrected chi connectivity index (χ3v) is 7.53. The zero-order chi connectivity index (χ0) is 17.9. The lowest BCUT2D eigenvalue weighted by atomic mass is 10.1. The number of rotatable bonds is 5. The van der Waals surface area contributed by atoms with Gasteiger partial charge < -0.3 is 4.74 Å². The summed E-state index contributed by atoms with van der Waals surface area (Å²) in [4.78, 5) is 8.98. The Morgan fingerprint density at radius 2 is 2.20 bits per heavy atom. The van der Waals surface area contributed by atoms with Crippen molar-refractivity contribution in [1.29, 1.82) is 5.26 Å². The number of hydrogen-bond donors (Lipinski definition) is 0. The second-order valence-electron chi connectivity index (χ2n) is 5.64. The predicted molar refractivity (Wildman–Crippen MR) is 92.9 cm³/mol. The van der Waals surface area contributed by atoms with Crippen LogP contribution in [0, 0.1) is 11.3 Å². The highest BCUT2D eigenvalue weighted by Gasteiger charge is 2.32. The van der Waals surface area contributed by atoms with E-state index in [1.165, 1.54) is 28.0 Å². The van der Waals surface area contributed by atoms with E-state index in [1.807, 2.05) is 19.1 Å². The molecule has 0 aliphatic carbocycles. The minimum absolute atomic E-state index is 0.105. The smallest absolute Gasteiger partial charge is 0.252 e. The minimum atomic E-state index is -3.52. The van der Waals surface area contributed by atoms with Crippen molar-refractivity contribution in [3.05, 3.63) is 35.1 Å². The molecule has 2 aromatic rings. The third-order valence-electron chi connectivity index (χ3n) is 3.97. The van der Waals surface area contributed by atoms with E-state index in [-0.39, 0.29) is 24.2 Å². The molecule has 1 fully saturated rings. The van der Waals surface area contributed by atoms with Gasteiger partial charge in [-0.1, -0.05) is 6.92 Å². The fourth-order valence-electron chi connectivity index (χ4n) is 2.68. The first-order valence-corrected chi connectivity index (χ1v) is 10.3. The minimum Gasteiger partial charge on any atom is -0.471 e. The molecule has 2 aromatic heterocycles. The van der Waals surface area contributed by atoms with Crippen LogP contribution in [-0.2, 0) is 16.4 Å². The topological polar surface area (TPSA) is 96.2 Å². The Hall–Kier alpha value is -2.02. The molecule has 7 nitrogen and oxygen atoms in total. The Kier molecular flexibility index (Phi) is 5.32. The van der Waals surface area contributed by atoms with E-state index in [4.69, 9.17) is 10.00 Å².